The van der Waals surface area contributed by atoms with Crippen LogP contribution in [0.15, 0.2) is 21.3 Å². The number of carbonyl (C=O) groups is 4. The molecule has 3 heterocycles. The average Bonchev–Trinajstić information content (AvgIpc) is 0.906. The van der Waals surface area contributed by atoms with Crippen molar-refractivity contribution in [1.29, 1.82) is 0 Å². The number of carbonyl (C=O) groups excluding carboxylic acids is 4. The van der Waals surface area contributed by atoms with Gasteiger partial charge in [-0.2, -0.15) is 0 Å². The second-order valence-electron chi connectivity index (χ2n) is 26.7. The molecule has 1 aromatic carbocycles. The molecular formula is C62H106N12O18. The number of aliphatic hydroxyl groups is 12. The zero-order valence-corrected chi connectivity index (χ0v) is 56.0. The van der Waals surface area contributed by atoms with E-state index >= 15 is 0 Å². The summed E-state index contributed by atoms with van der Waals surface area (Å²) >= 11 is 0. The molecule has 4 aliphatic rings. The van der Waals surface area contributed by atoms with Gasteiger partial charge in [0, 0.05) is 31.7 Å². The molecule has 18 N–H and O–H groups in total. The number of amides is 4. The molecule has 0 radical (unpaired) electrons. The summed E-state index contributed by atoms with van der Waals surface area (Å²) in [6.45, 7) is 19.9. The largest absolute Gasteiger partial charge is 0.452 e. The Morgan fingerprint density at radius 3 is 1.38 bits per heavy atom. The predicted molar refractivity (Wildman–Crippen MR) is 340 cm³/mol. The molecule has 1 aliphatic carbocycles. The second-order valence-corrected chi connectivity index (χ2v) is 26.7. The zero-order valence-electron chi connectivity index (χ0n) is 56.0. The Labute approximate surface area is 538 Å². The van der Waals surface area contributed by atoms with Crippen LogP contribution in [-0.4, -0.2) is 284 Å². The first-order chi connectivity index (χ1) is 42.8. The fourth-order valence-corrected chi connectivity index (χ4v) is 12.9. The number of hydrogen-bond donors (Lipinski definition) is 17. The van der Waals surface area contributed by atoms with E-state index < -0.39 is 163 Å². The minimum absolute atomic E-state index is 0.0225. The molecule has 30 heteroatoms. The maximum Gasteiger partial charge on any atom is 0.256 e. The summed E-state index contributed by atoms with van der Waals surface area (Å²) in [6, 6.07) is -5.73. The molecule has 0 saturated carbocycles. The van der Waals surface area contributed by atoms with Crippen LogP contribution in [0.25, 0.3) is 22.6 Å². The molecule has 2 saturated heterocycles. The predicted octanol–water partition coefficient (Wildman–Crippen LogP) is -3.03. The first-order valence-electron chi connectivity index (χ1n) is 31.7. The first-order valence-corrected chi connectivity index (χ1v) is 31.7. The highest BCUT2D eigenvalue weighted by Crippen LogP contribution is 2.36. The highest BCUT2D eigenvalue weighted by Gasteiger charge is 2.45. The summed E-state index contributed by atoms with van der Waals surface area (Å²) < 4.78 is 6.32. The van der Waals surface area contributed by atoms with Gasteiger partial charge in [0.25, 0.3) is 11.8 Å². The standard InChI is InChI=1S/C62H106N12O18/c1-27(2)42(59(86)73-23-17-19-36(73)57(84)69(13)25-38(77)71(15)48(29(5)6)61(88)89)65-55(82)44(33(11)75)67-53(80)35-22-21-31(9)51-46(35)64-47-40(41(63)50(79)32(10)52(47)92-51)54(81)68-45(34(12)76)56(83)66-43(28(3)4)60(87)74-24-18-20-37(74)58(85)70(14)26-39(78)72(16)49(30(7)8)62(90)91/h21-22,27-30,33-34,36-39,42-45,48-49,57-62,75-78,84-91H,17-20,23-26,63H2,1-16H3,(H,65,82)(H,66,83)(H,67,80)(H,68,81)/t33?,34?,36-,37-,38?,39?,42+,43+,44?,45?,48?,49?,57?,58?,59?,60?/m0/s1. The number of aromatic nitrogens is 1. The zero-order chi connectivity index (χ0) is 69.6. The Hall–Kier alpha value is -5.20. The van der Waals surface area contributed by atoms with Crippen LogP contribution in [0.4, 0.5) is 5.69 Å². The van der Waals surface area contributed by atoms with E-state index in [1.165, 1.54) is 66.6 Å². The van der Waals surface area contributed by atoms with E-state index in [4.69, 9.17) is 15.1 Å². The molecule has 3 aliphatic heterocycles. The SMILES string of the molecule is Cc1c2oc3c(C)ccc(C(=O)NC(C(=O)N[C@H](C(C)C)C(O)N4CCC[C@H]4C(O)N(C)CC(O)N(C)C(C(C)C)C(O)O)C(C)O)c3nc-2c(C(=O)NC(C(=O)N[C@H](C(C)C)C(O)N2CCC[C@H]2C(O)N(C)CC(O)N(C)C(C(C)C)C(O)O)C(C)O)c(N)c1=O. The molecular weight excluding hydrogens is 1200 g/mol. The van der Waals surface area contributed by atoms with E-state index in [0.29, 0.717) is 37.8 Å². The van der Waals surface area contributed by atoms with Crippen LogP contribution in [0.2, 0.25) is 0 Å². The molecule has 16 atom stereocenters. The summed E-state index contributed by atoms with van der Waals surface area (Å²) in [5.41, 5.74) is 3.95. The quantitative estimate of drug-likeness (QED) is 0.0168. The highest BCUT2D eigenvalue weighted by molar-refractivity contribution is 6.10. The average molecular weight is 1310 g/mol. The van der Waals surface area contributed by atoms with Crippen molar-refractivity contribution in [1.82, 2.24) is 55.7 Å². The molecule has 0 bridgehead atoms. The van der Waals surface area contributed by atoms with Gasteiger partial charge in [-0.05, 0) is 117 Å². The normalized spacial score (nSPS) is 21.0. The van der Waals surface area contributed by atoms with Crippen LogP contribution in [0.3, 0.4) is 0 Å². The van der Waals surface area contributed by atoms with E-state index in [2.05, 4.69) is 21.3 Å². The van der Waals surface area contributed by atoms with Gasteiger partial charge in [-0.15, -0.1) is 0 Å². The number of likely N-dealkylation sites (N-methyl/N-ethyl adjacent to an activating group) is 4. The lowest BCUT2D eigenvalue weighted by Crippen LogP contribution is -2.62. The molecule has 1 aromatic rings. The Morgan fingerprint density at radius 1 is 0.609 bits per heavy atom. The van der Waals surface area contributed by atoms with E-state index in [1.807, 2.05) is 0 Å². The summed E-state index contributed by atoms with van der Waals surface area (Å²) in [4.78, 5) is 85.5. The molecule has 0 aromatic heterocycles. The lowest BCUT2D eigenvalue weighted by atomic mass is 9.98. The maximum atomic E-state index is 14.7. The number of nitrogens with one attached hydrogen (secondary N) is 4. The molecule has 2 fully saturated rings. The second kappa shape index (κ2) is 33.0. The summed E-state index contributed by atoms with van der Waals surface area (Å²) in [5, 5.41) is 142. The Morgan fingerprint density at radius 2 is 1.01 bits per heavy atom. The van der Waals surface area contributed by atoms with Crippen molar-refractivity contribution in [3.8, 4) is 11.5 Å². The fraction of sp³-hybridized carbons (Fsp3) is 0.742. The number of anilines is 1. The van der Waals surface area contributed by atoms with E-state index in [9.17, 15) is 85.3 Å². The van der Waals surface area contributed by atoms with Crippen molar-refractivity contribution in [2.75, 3.05) is 60.1 Å². The van der Waals surface area contributed by atoms with Gasteiger partial charge in [0.2, 0.25) is 17.2 Å². The van der Waals surface area contributed by atoms with Crippen molar-refractivity contribution in [3.05, 3.63) is 44.6 Å². The van der Waals surface area contributed by atoms with Gasteiger partial charge in [-0.1, -0.05) is 61.5 Å². The number of nitrogens with zero attached hydrogens (tertiary/aromatic N) is 7. The van der Waals surface area contributed by atoms with Crippen molar-refractivity contribution in [3.63, 3.8) is 0 Å². The molecule has 5 rings (SSSR count). The number of likely N-dealkylation sites (tertiary alicyclic amines) is 2. The third-order valence-corrected chi connectivity index (χ3v) is 18.4. The Bertz CT molecular complexity index is 2950. The van der Waals surface area contributed by atoms with Gasteiger partial charge < -0.3 is 92.7 Å². The van der Waals surface area contributed by atoms with Crippen LogP contribution >= 0.6 is 0 Å². The van der Waals surface area contributed by atoms with Crippen molar-refractivity contribution < 1.29 is 84.9 Å². The lowest BCUT2D eigenvalue weighted by molar-refractivity contribution is -0.157. The van der Waals surface area contributed by atoms with Gasteiger partial charge in [0.1, 0.15) is 60.7 Å². The molecule has 4 amide bonds. The minimum atomic E-state index is -1.77. The van der Waals surface area contributed by atoms with Crippen LogP contribution in [0.1, 0.15) is 127 Å². The first kappa shape index (κ1) is 77.5. The number of benzene rings is 2. The number of fused-ring (bicyclic) bond motifs is 2. The number of aryl methyl sites for hydroxylation is 1. The van der Waals surface area contributed by atoms with Crippen molar-refractivity contribution in [2.24, 2.45) is 23.7 Å². The van der Waals surface area contributed by atoms with E-state index in [0.717, 1.165) is 0 Å². The summed E-state index contributed by atoms with van der Waals surface area (Å²) in [5.74, 6) is -5.65. The third kappa shape index (κ3) is 17.6. The van der Waals surface area contributed by atoms with Crippen LogP contribution in [-0.2, 0) is 9.59 Å². The topological polar surface area (TPSA) is 448 Å². The molecule has 30 nitrogen and oxygen atoms in total. The Kier molecular flexibility index (Phi) is 27.8. The fourth-order valence-electron chi connectivity index (χ4n) is 12.9. The lowest BCUT2D eigenvalue weighted by Gasteiger charge is -2.42. The van der Waals surface area contributed by atoms with E-state index in [1.54, 1.807) is 86.2 Å². The van der Waals surface area contributed by atoms with Crippen LogP contribution < -0.4 is 32.4 Å². The van der Waals surface area contributed by atoms with Gasteiger partial charge in [-0.25, -0.2) is 4.98 Å². The third-order valence-electron chi connectivity index (χ3n) is 18.4. The Balaban J connectivity index is 1.39. The summed E-state index contributed by atoms with van der Waals surface area (Å²) in [7, 11) is 6.21. The number of nitrogen functional groups attached to an aromatic ring is 1. The highest BCUT2D eigenvalue weighted by atomic mass is 16.5. The number of aliphatic hydroxyl groups excluding tert-OH is 10. The van der Waals surface area contributed by atoms with Crippen molar-refractivity contribution >= 4 is 40.4 Å². The van der Waals surface area contributed by atoms with Gasteiger partial charge >= 0.3 is 0 Å². The minimum Gasteiger partial charge on any atom is -0.452 e. The molecule has 0 spiro atoms. The van der Waals surface area contributed by atoms with Gasteiger partial charge in [0.05, 0.1) is 65.3 Å². The monoisotopic (exact) mass is 1310 g/mol. The summed E-state index contributed by atoms with van der Waals surface area (Å²) in [6.07, 6.45) is -12.5. The van der Waals surface area contributed by atoms with Crippen LogP contribution in [0, 0.1) is 37.5 Å². The van der Waals surface area contributed by atoms with Crippen LogP contribution in [0.5, 0.6) is 0 Å². The maximum absolute atomic E-state index is 14.7. The van der Waals surface area contributed by atoms with E-state index in [-0.39, 0.29) is 65.2 Å². The van der Waals surface area contributed by atoms with Gasteiger partial charge in [-0.3, -0.25) is 53.4 Å². The number of hydrogen-bond acceptors (Lipinski definition) is 26. The number of rotatable bonds is 32. The molecule has 522 valence electrons. The van der Waals surface area contributed by atoms with Gasteiger partial charge in [0.15, 0.2) is 23.9 Å². The molecule has 92 heavy (non-hydrogen) atoms. The number of nitrogens with two attached hydrogens (primary N) is 1. The van der Waals surface area contributed by atoms with Crippen molar-refractivity contribution in [2.45, 2.75) is 219 Å². The molecule has 12 unspecified atom stereocenters. The smallest absolute Gasteiger partial charge is 0.256 e.